The van der Waals surface area contributed by atoms with Crippen LogP contribution >= 0.6 is 0 Å². The molecule has 1 aromatic heterocycles. The van der Waals surface area contributed by atoms with Gasteiger partial charge in [-0.15, -0.1) is 0 Å². The van der Waals surface area contributed by atoms with Crippen LogP contribution < -0.4 is 5.32 Å². The summed E-state index contributed by atoms with van der Waals surface area (Å²) in [4.78, 5) is 0. The highest BCUT2D eigenvalue weighted by atomic mass is 14.9. The van der Waals surface area contributed by atoms with E-state index in [0.717, 1.165) is 19.5 Å². The van der Waals surface area contributed by atoms with Gasteiger partial charge < -0.3 is 9.88 Å². The lowest BCUT2D eigenvalue weighted by Crippen LogP contribution is -2.04. The Balaban J connectivity index is 2.31. The topological polar surface area (TPSA) is 17.0 Å². The van der Waals surface area contributed by atoms with E-state index in [1.54, 1.807) is 0 Å². The molecule has 0 saturated heterocycles. The number of aromatic nitrogens is 1. The molecular weight excluding hydrogens is 208 g/mol. The van der Waals surface area contributed by atoms with Gasteiger partial charge >= 0.3 is 0 Å². The predicted octanol–water partition coefficient (Wildman–Crippen LogP) is 3.33. The Morgan fingerprint density at radius 1 is 1.35 bits per heavy atom. The fourth-order valence-corrected chi connectivity index (χ4v) is 2.05. The van der Waals surface area contributed by atoms with Gasteiger partial charge in [0.25, 0.3) is 0 Å². The number of benzene rings is 1. The molecule has 2 rings (SSSR count). The molecule has 0 saturated carbocycles. The Morgan fingerprint density at radius 2 is 2.18 bits per heavy atom. The second-order valence-electron chi connectivity index (χ2n) is 4.47. The van der Waals surface area contributed by atoms with Gasteiger partial charge in [0, 0.05) is 24.8 Å². The maximum absolute atomic E-state index is 4.07. The van der Waals surface area contributed by atoms with Crippen LogP contribution in [0.4, 0.5) is 0 Å². The van der Waals surface area contributed by atoms with E-state index >= 15 is 0 Å². The molecule has 1 heterocycles. The Hall–Kier alpha value is -1.54. The second-order valence-corrected chi connectivity index (χ2v) is 4.47. The van der Waals surface area contributed by atoms with Crippen LogP contribution in [-0.4, -0.2) is 11.6 Å². The van der Waals surface area contributed by atoms with Crippen LogP contribution in [0.1, 0.15) is 18.9 Å². The zero-order valence-corrected chi connectivity index (χ0v) is 10.7. The number of hydrogen-bond acceptors (Lipinski definition) is 1. The van der Waals surface area contributed by atoms with Gasteiger partial charge in [-0.05, 0) is 42.6 Å². The quantitative estimate of drug-likeness (QED) is 0.777. The van der Waals surface area contributed by atoms with Gasteiger partial charge in [0.05, 0.1) is 0 Å². The molecule has 2 aromatic rings. The Bertz CT molecular complexity index is 523. The number of nitrogens with one attached hydrogen (secondary N) is 1. The van der Waals surface area contributed by atoms with E-state index in [1.807, 2.05) is 7.05 Å². The average Bonchev–Trinajstić information content (AvgIpc) is 2.72. The smallest absolute Gasteiger partial charge is 0.0483 e. The molecule has 2 nitrogen and oxygen atoms in total. The molecule has 90 valence electrons. The molecule has 0 aliphatic heterocycles. The summed E-state index contributed by atoms with van der Waals surface area (Å²) in [6.07, 6.45) is 3.19. The van der Waals surface area contributed by atoms with Crippen molar-refractivity contribution in [3.63, 3.8) is 0 Å². The first kappa shape index (κ1) is 11.9. The fraction of sp³-hybridized carbons (Fsp3) is 0.333. The monoisotopic (exact) mass is 228 g/mol. The van der Waals surface area contributed by atoms with Crippen molar-refractivity contribution in [3.05, 3.63) is 48.2 Å². The third kappa shape index (κ3) is 2.59. The van der Waals surface area contributed by atoms with Gasteiger partial charge in [-0.25, -0.2) is 0 Å². The molecular formula is C15H20N2. The summed E-state index contributed by atoms with van der Waals surface area (Å²) in [5.74, 6) is 0. The highest BCUT2D eigenvalue weighted by Gasteiger charge is 2.02. The SMILES string of the molecule is C=C(CC)Cn1ccc2cc(CNC)ccc21. The van der Waals surface area contributed by atoms with Crippen molar-refractivity contribution in [3.8, 4) is 0 Å². The predicted molar refractivity (Wildman–Crippen MR) is 74.1 cm³/mol. The maximum atomic E-state index is 4.07. The minimum Gasteiger partial charge on any atom is -0.343 e. The molecule has 1 N–H and O–H groups in total. The Kier molecular flexibility index (Phi) is 3.64. The van der Waals surface area contributed by atoms with E-state index in [0.29, 0.717) is 0 Å². The lowest BCUT2D eigenvalue weighted by Gasteiger charge is -2.07. The van der Waals surface area contributed by atoms with Gasteiger partial charge in [0.15, 0.2) is 0 Å². The Morgan fingerprint density at radius 3 is 2.88 bits per heavy atom. The molecule has 0 aliphatic rings. The number of fused-ring (bicyclic) bond motifs is 1. The molecule has 1 aromatic carbocycles. The van der Waals surface area contributed by atoms with Gasteiger partial charge in [0.2, 0.25) is 0 Å². The van der Waals surface area contributed by atoms with Crippen molar-refractivity contribution in [1.82, 2.24) is 9.88 Å². The van der Waals surface area contributed by atoms with Gasteiger partial charge in [-0.1, -0.05) is 25.1 Å². The van der Waals surface area contributed by atoms with Gasteiger partial charge in [-0.3, -0.25) is 0 Å². The highest BCUT2D eigenvalue weighted by Crippen LogP contribution is 2.19. The molecule has 0 radical (unpaired) electrons. The normalized spacial score (nSPS) is 10.9. The van der Waals surface area contributed by atoms with Crippen LogP contribution in [0.15, 0.2) is 42.6 Å². The zero-order valence-electron chi connectivity index (χ0n) is 10.7. The first-order chi connectivity index (χ1) is 8.24. The maximum Gasteiger partial charge on any atom is 0.0483 e. The largest absolute Gasteiger partial charge is 0.343 e. The van der Waals surface area contributed by atoms with Crippen molar-refractivity contribution in [2.75, 3.05) is 7.05 Å². The molecule has 0 amide bonds. The third-order valence-electron chi connectivity index (χ3n) is 3.11. The lowest BCUT2D eigenvalue weighted by atomic mass is 10.1. The summed E-state index contributed by atoms with van der Waals surface area (Å²) in [6.45, 7) is 8.06. The number of nitrogens with zero attached hydrogens (tertiary/aromatic N) is 1. The van der Waals surface area contributed by atoms with E-state index in [-0.39, 0.29) is 0 Å². The van der Waals surface area contributed by atoms with Crippen LogP contribution in [0.5, 0.6) is 0 Å². The second kappa shape index (κ2) is 5.19. The van der Waals surface area contributed by atoms with Crippen molar-refractivity contribution >= 4 is 10.9 Å². The Labute approximate surface area is 103 Å². The minimum atomic E-state index is 0.919. The molecule has 0 bridgehead atoms. The average molecular weight is 228 g/mol. The molecule has 0 spiro atoms. The van der Waals surface area contributed by atoms with Crippen LogP contribution in [0.2, 0.25) is 0 Å². The van der Waals surface area contributed by atoms with Gasteiger partial charge in [0.1, 0.15) is 0 Å². The van der Waals surface area contributed by atoms with E-state index in [4.69, 9.17) is 0 Å². The molecule has 17 heavy (non-hydrogen) atoms. The van der Waals surface area contributed by atoms with E-state index in [9.17, 15) is 0 Å². The van der Waals surface area contributed by atoms with Crippen LogP contribution in [0.3, 0.4) is 0 Å². The highest BCUT2D eigenvalue weighted by molar-refractivity contribution is 5.81. The van der Waals surface area contributed by atoms with E-state index < -0.39 is 0 Å². The summed E-state index contributed by atoms with van der Waals surface area (Å²) < 4.78 is 2.27. The first-order valence-corrected chi connectivity index (χ1v) is 6.13. The van der Waals surface area contributed by atoms with Crippen molar-refractivity contribution in [1.29, 1.82) is 0 Å². The molecule has 0 atom stereocenters. The standard InChI is InChI=1S/C15H20N2/c1-4-12(2)11-17-8-7-14-9-13(10-16-3)5-6-15(14)17/h5-9,16H,2,4,10-11H2,1,3H3. The number of allylic oxidation sites excluding steroid dienone is 1. The first-order valence-electron chi connectivity index (χ1n) is 6.13. The molecule has 0 unspecified atom stereocenters. The number of hydrogen-bond donors (Lipinski definition) is 1. The molecule has 0 aliphatic carbocycles. The van der Waals surface area contributed by atoms with Crippen molar-refractivity contribution in [2.24, 2.45) is 0 Å². The van der Waals surface area contributed by atoms with Crippen LogP contribution in [0.25, 0.3) is 10.9 Å². The lowest BCUT2D eigenvalue weighted by molar-refractivity contribution is 0.789. The summed E-state index contributed by atoms with van der Waals surface area (Å²) in [5.41, 5.74) is 3.88. The molecule has 2 heteroatoms. The van der Waals surface area contributed by atoms with Crippen molar-refractivity contribution in [2.45, 2.75) is 26.4 Å². The summed E-state index contributed by atoms with van der Waals surface area (Å²) >= 11 is 0. The minimum absolute atomic E-state index is 0.919. The van der Waals surface area contributed by atoms with Crippen LogP contribution in [-0.2, 0) is 13.1 Å². The third-order valence-corrected chi connectivity index (χ3v) is 3.11. The summed E-state index contributed by atoms with van der Waals surface area (Å²) in [7, 11) is 1.97. The van der Waals surface area contributed by atoms with Crippen molar-refractivity contribution < 1.29 is 0 Å². The zero-order chi connectivity index (χ0) is 12.3. The summed E-state index contributed by atoms with van der Waals surface area (Å²) in [6, 6.07) is 8.81. The molecule has 0 fully saturated rings. The van der Waals surface area contributed by atoms with Crippen LogP contribution in [0, 0.1) is 0 Å². The number of rotatable bonds is 5. The van der Waals surface area contributed by atoms with E-state index in [2.05, 4.69) is 53.8 Å². The fourth-order valence-electron chi connectivity index (χ4n) is 2.05. The van der Waals surface area contributed by atoms with E-state index in [1.165, 1.54) is 22.0 Å². The summed E-state index contributed by atoms with van der Waals surface area (Å²) in [5, 5.41) is 4.48. The van der Waals surface area contributed by atoms with Gasteiger partial charge in [-0.2, -0.15) is 0 Å².